The Kier molecular flexibility index (Phi) is 3.13. The number of halogens is 2. The third-order valence-corrected chi connectivity index (χ3v) is 3.10. The maximum atomic E-state index is 13.6. The smallest absolute Gasteiger partial charge is 0.200 e. The zero-order chi connectivity index (χ0) is 11.7. The summed E-state index contributed by atoms with van der Waals surface area (Å²) in [5.41, 5.74) is 0.728. The van der Waals surface area contributed by atoms with Crippen LogP contribution in [0, 0.1) is 17.6 Å². The maximum absolute atomic E-state index is 13.6. The molecule has 1 aromatic rings. The Labute approximate surface area is 94.4 Å². The topological polar surface area (TPSA) is 9.23 Å². The Hall–Kier alpha value is -1.12. The zero-order valence-corrected chi connectivity index (χ0v) is 9.59. The van der Waals surface area contributed by atoms with Gasteiger partial charge in [-0.15, -0.1) is 0 Å². The average molecular weight is 226 g/mol. The van der Waals surface area contributed by atoms with Crippen molar-refractivity contribution in [2.24, 2.45) is 5.92 Å². The van der Waals surface area contributed by atoms with Crippen molar-refractivity contribution in [1.82, 2.24) is 0 Å². The van der Waals surface area contributed by atoms with Crippen LogP contribution < -0.4 is 4.74 Å². The summed E-state index contributed by atoms with van der Waals surface area (Å²) in [6.45, 7) is 3.82. The van der Waals surface area contributed by atoms with Crippen LogP contribution in [-0.4, -0.2) is 6.10 Å². The number of aryl methyl sites for hydroxylation is 1. The molecule has 0 bridgehead atoms. The van der Waals surface area contributed by atoms with Gasteiger partial charge < -0.3 is 4.74 Å². The van der Waals surface area contributed by atoms with Gasteiger partial charge in [0.25, 0.3) is 0 Å². The normalized spacial score (nSPS) is 17.2. The Balaban J connectivity index is 2.25. The molecule has 1 atom stereocenters. The molecule has 0 N–H and O–H groups in total. The lowest BCUT2D eigenvalue weighted by atomic mass is 10.1. The van der Waals surface area contributed by atoms with Crippen LogP contribution in [0.5, 0.6) is 5.75 Å². The molecule has 1 aliphatic rings. The Morgan fingerprint density at radius 3 is 2.62 bits per heavy atom. The van der Waals surface area contributed by atoms with Gasteiger partial charge in [-0.3, -0.25) is 0 Å². The van der Waals surface area contributed by atoms with Crippen LogP contribution in [0.3, 0.4) is 0 Å². The van der Waals surface area contributed by atoms with Crippen molar-refractivity contribution in [3.8, 4) is 5.75 Å². The summed E-state index contributed by atoms with van der Waals surface area (Å²) in [7, 11) is 0. The van der Waals surface area contributed by atoms with Gasteiger partial charge in [0.05, 0.1) is 6.10 Å². The van der Waals surface area contributed by atoms with Crippen LogP contribution >= 0.6 is 0 Å². The van der Waals surface area contributed by atoms with Gasteiger partial charge in [0, 0.05) is 0 Å². The van der Waals surface area contributed by atoms with E-state index in [1.807, 2.05) is 13.8 Å². The largest absolute Gasteiger partial charge is 0.487 e. The summed E-state index contributed by atoms with van der Waals surface area (Å²) in [5, 5.41) is 0. The fourth-order valence-corrected chi connectivity index (χ4v) is 1.83. The van der Waals surface area contributed by atoms with E-state index >= 15 is 0 Å². The highest BCUT2D eigenvalue weighted by atomic mass is 19.2. The van der Waals surface area contributed by atoms with Crippen molar-refractivity contribution >= 4 is 0 Å². The second-order valence-electron chi connectivity index (χ2n) is 4.36. The first kappa shape index (κ1) is 11.4. The summed E-state index contributed by atoms with van der Waals surface area (Å²) >= 11 is 0. The van der Waals surface area contributed by atoms with Crippen molar-refractivity contribution in [3.05, 3.63) is 29.3 Å². The number of rotatable bonds is 4. The van der Waals surface area contributed by atoms with Gasteiger partial charge in [0.1, 0.15) is 0 Å². The first-order valence-electron chi connectivity index (χ1n) is 5.77. The molecule has 1 aromatic carbocycles. The lowest BCUT2D eigenvalue weighted by Crippen LogP contribution is -2.16. The molecule has 1 aliphatic carbocycles. The van der Waals surface area contributed by atoms with Crippen LogP contribution in [0.2, 0.25) is 0 Å². The average Bonchev–Trinajstić information content (AvgIpc) is 3.08. The summed E-state index contributed by atoms with van der Waals surface area (Å²) in [5.74, 6) is -1.09. The Morgan fingerprint density at radius 2 is 2.06 bits per heavy atom. The van der Waals surface area contributed by atoms with Crippen LogP contribution in [0.4, 0.5) is 8.78 Å². The SMILES string of the molecule is CCc1ccc(F)c(F)c1OC(C)C1CC1. The molecule has 0 aliphatic heterocycles. The lowest BCUT2D eigenvalue weighted by molar-refractivity contribution is 0.185. The van der Waals surface area contributed by atoms with Crippen molar-refractivity contribution in [3.63, 3.8) is 0 Å². The molecule has 0 radical (unpaired) electrons. The number of benzene rings is 1. The van der Waals surface area contributed by atoms with Crippen molar-refractivity contribution < 1.29 is 13.5 Å². The molecule has 3 heteroatoms. The Morgan fingerprint density at radius 1 is 1.38 bits per heavy atom. The number of hydrogen-bond acceptors (Lipinski definition) is 1. The monoisotopic (exact) mass is 226 g/mol. The van der Waals surface area contributed by atoms with Gasteiger partial charge in [-0.1, -0.05) is 13.0 Å². The van der Waals surface area contributed by atoms with Crippen LogP contribution in [0.25, 0.3) is 0 Å². The molecular weight excluding hydrogens is 210 g/mol. The standard InChI is InChI=1S/C13H16F2O/c1-3-9-6-7-11(14)12(15)13(9)16-8(2)10-4-5-10/h6-8,10H,3-5H2,1-2H3. The summed E-state index contributed by atoms with van der Waals surface area (Å²) in [4.78, 5) is 0. The molecule has 88 valence electrons. The molecule has 2 rings (SSSR count). The highest BCUT2D eigenvalue weighted by Crippen LogP contribution is 2.36. The first-order chi connectivity index (χ1) is 7.63. The molecule has 0 heterocycles. The van der Waals surface area contributed by atoms with Crippen molar-refractivity contribution in [2.75, 3.05) is 0 Å². The predicted octanol–water partition coefficient (Wildman–Crippen LogP) is 3.70. The van der Waals surface area contributed by atoms with Crippen LogP contribution in [-0.2, 0) is 6.42 Å². The van der Waals surface area contributed by atoms with Gasteiger partial charge >= 0.3 is 0 Å². The summed E-state index contributed by atoms with van der Waals surface area (Å²) in [6.07, 6.45) is 2.87. The second kappa shape index (κ2) is 4.40. The molecule has 1 unspecified atom stereocenters. The van der Waals surface area contributed by atoms with E-state index in [0.717, 1.165) is 24.5 Å². The van der Waals surface area contributed by atoms with E-state index in [-0.39, 0.29) is 11.9 Å². The Bertz CT molecular complexity index is 386. The van der Waals surface area contributed by atoms with E-state index in [0.29, 0.717) is 12.3 Å². The van der Waals surface area contributed by atoms with Crippen LogP contribution in [0.15, 0.2) is 12.1 Å². The molecular formula is C13H16F2O. The van der Waals surface area contributed by atoms with Gasteiger partial charge in [-0.2, -0.15) is 4.39 Å². The summed E-state index contributed by atoms with van der Waals surface area (Å²) in [6, 6.07) is 2.75. The molecule has 16 heavy (non-hydrogen) atoms. The minimum Gasteiger partial charge on any atom is -0.487 e. The molecule has 0 amide bonds. The van der Waals surface area contributed by atoms with E-state index < -0.39 is 11.6 Å². The number of hydrogen-bond donors (Lipinski definition) is 0. The van der Waals surface area contributed by atoms with Gasteiger partial charge in [-0.05, 0) is 43.7 Å². The second-order valence-corrected chi connectivity index (χ2v) is 4.36. The van der Waals surface area contributed by atoms with E-state index in [1.165, 1.54) is 0 Å². The fraction of sp³-hybridized carbons (Fsp3) is 0.538. The van der Waals surface area contributed by atoms with E-state index in [9.17, 15) is 8.78 Å². The minimum absolute atomic E-state index is 0.0263. The van der Waals surface area contributed by atoms with E-state index in [4.69, 9.17) is 4.74 Å². The van der Waals surface area contributed by atoms with Gasteiger partial charge in [0.2, 0.25) is 5.82 Å². The molecule has 0 saturated heterocycles. The third-order valence-electron chi connectivity index (χ3n) is 3.10. The lowest BCUT2D eigenvalue weighted by Gasteiger charge is -2.17. The third kappa shape index (κ3) is 2.18. The highest BCUT2D eigenvalue weighted by molar-refractivity contribution is 5.36. The quantitative estimate of drug-likeness (QED) is 0.760. The zero-order valence-electron chi connectivity index (χ0n) is 9.59. The van der Waals surface area contributed by atoms with Gasteiger partial charge in [-0.25, -0.2) is 4.39 Å². The number of ether oxygens (including phenoxy) is 1. The minimum atomic E-state index is -0.855. The summed E-state index contributed by atoms with van der Waals surface area (Å²) < 4.78 is 32.3. The van der Waals surface area contributed by atoms with E-state index in [1.54, 1.807) is 6.07 Å². The molecule has 0 aromatic heterocycles. The van der Waals surface area contributed by atoms with Crippen LogP contribution in [0.1, 0.15) is 32.3 Å². The van der Waals surface area contributed by atoms with Crippen molar-refractivity contribution in [2.45, 2.75) is 39.2 Å². The van der Waals surface area contributed by atoms with E-state index in [2.05, 4.69) is 0 Å². The molecule has 1 nitrogen and oxygen atoms in total. The first-order valence-corrected chi connectivity index (χ1v) is 5.77. The van der Waals surface area contributed by atoms with Crippen molar-refractivity contribution in [1.29, 1.82) is 0 Å². The molecule has 1 fully saturated rings. The predicted molar refractivity (Wildman–Crippen MR) is 58.6 cm³/mol. The maximum Gasteiger partial charge on any atom is 0.200 e. The molecule has 0 spiro atoms. The van der Waals surface area contributed by atoms with Gasteiger partial charge in [0.15, 0.2) is 11.6 Å². The highest BCUT2D eigenvalue weighted by Gasteiger charge is 2.30. The fourth-order valence-electron chi connectivity index (χ4n) is 1.83. The molecule has 1 saturated carbocycles.